The van der Waals surface area contributed by atoms with Crippen molar-refractivity contribution in [3.8, 4) is 10.6 Å². The standard InChI is InChI=1S/C17H18N4OS/c22-15(11-21-13-7-4-8-14(21)10-9-13)18-17-19-16(23-20-17)12-5-2-1-3-6-12/h1-7,13-14H,8-11H2,(H,18,20,22). The number of amides is 1. The molecule has 0 radical (unpaired) electrons. The number of carbonyl (C=O) groups is 1. The van der Waals surface area contributed by atoms with E-state index < -0.39 is 0 Å². The van der Waals surface area contributed by atoms with E-state index >= 15 is 0 Å². The molecule has 1 fully saturated rings. The van der Waals surface area contributed by atoms with E-state index in [0.717, 1.165) is 23.4 Å². The molecule has 5 nitrogen and oxygen atoms in total. The lowest BCUT2D eigenvalue weighted by Crippen LogP contribution is -2.42. The maximum absolute atomic E-state index is 12.3. The highest BCUT2D eigenvalue weighted by atomic mass is 32.1. The third-order valence-corrected chi connectivity index (χ3v) is 5.25. The summed E-state index contributed by atoms with van der Waals surface area (Å²) >= 11 is 1.30. The molecule has 1 amide bonds. The molecule has 2 atom stereocenters. The van der Waals surface area contributed by atoms with Gasteiger partial charge in [-0.25, -0.2) is 0 Å². The Labute approximate surface area is 139 Å². The highest BCUT2D eigenvalue weighted by molar-refractivity contribution is 7.09. The van der Waals surface area contributed by atoms with Crippen LogP contribution < -0.4 is 5.32 Å². The van der Waals surface area contributed by atoms with Gasteiger partial charge >= 0.3 is 0 Å². The average molecular weight is 326 g/mol. The van der Waals surface area contributed by atoms with Gasteiger partial charge in [0.15, 0.2) is 0 Å². The first kappa shape index (κ1) is 14.5. The SMILES string of the molecule is O=C(CN1C2C=CCC1CC2)Nc1nsc(-c2ccccc2)n1. The van der Waals surface area contributed by atoms with Gasteiger partial charge in [-0.3, -0.25) is 15.0 Å². The summed E-state index contributed by atoms with van der Waals surface area (Å²) in [5, 5.41) is 3.65. The molecule has 0 aliphatic carbocycles. The topological polar surface area (TPSA) is 58.1 Å². The Morgan fingerprint density at radius 3 is 3.00 bits per heavy atom. The number of hydrogen-bond acceptors (Lipinski definition) is 5. The third-order valence-electron chi connectivity index (χ3n) is 4.48. The van der Waals surface area contributed by atoms with Gasteiger partial charge < -0.3 is 0 Å². The summed E-state index contributed by atoms with van der Waals surface area (Å²) in [5.41, 5.74) is 1.02. The molecule has 6 heteroatoms. The number of hydrogen-bond donors (Lipinski definition) is 1. The second-order valence-corrected chi connectivity index (χ2v) is 6.72. The smallest absolute Gasteiger partial charge is 0.241 e. The molecule has 0 spiro atoms. The van der Waals surface area contributed by atoms with Crippen molar-refractivity contribution in [1.29, 1.82) is 0 Å². The lowest BCUT2D eigenvalue weighted by atomic mass is 10.1. The van der Waals surface area contributed by atoms with Crippen LogP contribution in [0.5, 0.6) is 0 Å². The van der Waals surface area contributed by atoms with Crippen LogP contribution in [0.2, 0.25) is 0 Å². The molecular weight excluding hydrogens is 308 g/mol. The van der Waals surface area contributed by atoms with Crippen LogP contribution in [-0.4, -0.2) is 38.8 Å². The predicted molar refractivity (Wildman–Crippen MR) is 91.2 cm³/mol. The van der Waals surface area contributed by atoms with Gasteiger partial charge in [0.05, 0.1) is 6.54 Å². The summed E-state index contributed by atoms with van der Waals surface area (Å²) in [6.45, 7) is 0.416. The molecule has 1 aromatic carbocycles. The third kappa shape index (κ3) is 3.04. The van der Waals surface area contributed by atoms with Crippen molar-refractivity contribution in [2.75, 3.05) is 11.9 Å². The summed E-state index contributed by atoms with van der Waals surface area (Å²) in [5.74, 6) is 0.369. The van der Waals surface area contributed by atoms with Crippen molar-refractivity contribution in [2.24, 2.45) is 0 Å². The maximum atomic E-state index is 12.3. The van der Waals surface area contributed by atoms with E-state index in [-0.39, 0.29) is 5.91 Å². The van der Waals surface area contributed by atoms with Crippen molar-refractivity contribution in [2.45, 2.75) is 31.3 Å². The van der Waals surface area contributed by atoms with Crippen LogP contribution in [0.1, 0.15) is 19.3 Å². The van der Waals surface area contributed by atoms with Crippen molar-refractivity contribution < 1.29 is 4.79 Å². The number of aromatic nitrogens is 2. The lowest BCUT2D eigenvalue weighted by Gasteiger charge is -2.30. The van der Waals surface area contributed by atoms with Gasteiger partial charge in [-0.1, -0.05) is 42.5 Å². The minimum atomic E-state index is -0.0328. The minimum absolute atomic E-state index is 0.0328. The summed E-state index contributed by atoms with van der Waals surface area (Å²) in [6, 6.07) is 10.8. The van der Waals surface area contributed by atoms with Crippen LogP contribution in [0.25, 0.3) is 10.6 Å². The highest BCUT2D eigenvalue weighted by Gasteiger charge is 2.34. The van der Waals surface area contributed by atoms with Crippen LogP contribution in [0, 0.1) is 0 Å². The van der Waals surface area contributed by atoms with Gasteiger partial charge in [-0.05, 0) is 30.8 Å². The monoisotopic (exact) mass is 326 g/mol. The maximum Gasteiger partial charge on any atom is 0.241 e. The zero-order valence-corrected chi connectivity index (χ0v) is 13.5. The van der Waals surface area contributed by atoms with Gasteiger partial charge in [0.25, 0.3) is 0 Å². The molecule has 0 saturated carbocycles. The highest BCUT2D eigenvalue weighted by Crippen LogP contribution is 2.31. The molecule has 1 saturated heterocycles. The van der Waals surface area contributed by atoms with E-state index in [1.54, 1.807) is 0 Å². The summed E-state index contributed by atoms with van der Waals surface area (Å²) < 4.78 is 4.25. The fraction of sp³-hybridized carbons (Fsp3) is 0.353. The molecule has 23 heavy (non-hydrogen) atoms. The Morgan fingerprint density at radius 1 is 1.30 bits per heavy atom. The number of rotatable bonds is 4. The molecule has 1 aromatic heterocycles. The molecule has 3 heterocycles. The number of anilines is 1. The quantitative estimate of drug-likeness (QED) is 0.878. The first-order valence-electron chi connectivity index (χ1n) is 7.91. The van der Waals surface area contributed by atoms with E-state index in [1.807, 2.05) is 30.3 Å². The number of nitrogens with zero attached hydrogens (tertiary/aromatic N) is 3. The first-order valence-corrected chi connectivity index (χ1v) is 8.68. The van der Waals surface area contributed by atoms with Crippen molar-refractivity contribution in [3.05, 3.63) is 42.5 Å². The fourth-order valence-electron chi connectivity index (χ4n) is 3.37. The number of fused-ring (bicyclic) bond motifs is 2. The predicted octanol–water partition coefficient (Wildman–Crippen LogP) is 2.94. The molecule has 2 aliphatic heterocycles. The largest absolute Gasteiger partial charge is 0.293 e. The van der Waals surface area contributed by atoms with Crippen LogP contribution in [0.4, 0.5) is 5.95 Å². The molecule has 4 rings (SSSR count). The van der Waals surface area contributed by atoms with Gasteiger partial charge in [0.2, 0.25) is 11.9 Å². The Morgan fingerprint density at radius 2 is 2.17 bits per heavy atom. The number of benzene rings is 1. The fourth-order valence-corrected chi connectivity index (χ4v) is 4.00. The second-order valence-electron chi connectivity index (χ2n) is 5.97. The van der Waals surface area contributed by atoms with Gasteiger partial charge in [-0.2, -0.15) is 9.36 Å². The van der Waals surface area contributed by atoms with Gasteiger partial charge in [0, 0.05) is 17.6 Å². The van der Waals surface area contributed by atoms with E-state index in [4.69, 9.17) is 0 Å². The second kappa shape index (κ2) is 6.22. The lowest BCUT2D eigenvalue weighted by molar-refractivity contribution is -0.117. The zero-order chi connectivity index (χ0) is 15.6. The molecular formula is C17H18N4OS. The molecule has 1 N–H and O–H groups in total. The van der Waals surface area contributed by atoms with Crippen LogP contribution >= 0.6 is 11.5 Å². The zero-order valence-electron chi connectivity index (χ0n) is 12.7. The summed E-state index contributed by atoms with van der Waals surface area (Å²) in [6.07, 6.45) is 7.85. The number of nitrogens with one attached hydrogen (secondary N) is 1. The van der Waals surface area contributed by atoms with Crippen molar-refractivity contribution >= 4 is 23.4 Å². The van der Waals surface area contributed by atoms with Crippen molar-refractivity contribution in [1.82, 2.24) is 14.3 Å². The normalized spacial score (nSPS) is 23.1. The molecule has 2 unspecified atom stereocenters. The summed E-state index contributed by atoms with van der Waals surface area (Å²) in [4.78, 5) is 19.0. The molecule has 2 bridgehead atoms. The van der Waals surface area contributed by atoms with Crippen LogP contribution in [0.3, 0.4) is 0 Å². The Balaban J connectivity index is 1.40. The van der Waals surface area contributed by atoms with Crippen molar-refractivity contribution in [3.63, 3.8) is 0 Å². The summed E-state index contributed by atoms with van der Waals surface area (Å²) in [7, 11) is 0. The minimum Gasteiger partial charge on any atom is -0.293 e. The van der Waals surface area contributed by atoms with E-state index in [9.17, 15) is 4.79 Å². The molecule has 118 valence electrons. The molecule has 2 aliphatic rings. The van der Waals surface area contributed by atoms with E-state index in [2.05, 4.69) is 31.7 Å². The number of carbonyl (C=O) groups excluding carboxylic acids is 1. The van der Waals surface area contributed by atoms with Gasteiger partial charge in [0.1, 0.15) is 5.01 Å². The first-order chi connectivity index (χ1) is 11.3. The van der Waals surface area contributed by atoms with Gasteiger partial charge in [-0.15, -0.1) is 0 Å². The Kier molecular flexibility index (Phi) is 3.93. The Bertz CT molecular complexity index is 727. The Hall–Kier alpha value is -2.05. The molecule has 2 aromatic rings. The van der Waals surface area contributed by atoms with Crippen LogP contribution in [0.15, 0.2) is 42.5 Å². The van der Waals surface area contributed by atoms with Crippen LogP contribution in [-0.2, 0) is 4.79 Å². The van der Waals surface area contributed by atoms with E-state index in [1.165, 1.54) is 18.0 Å². The van der Waals surface area contributed by atoms with E-state index in [0.29, 0.717) is 24.6 Å². The average Bonchev–Trinajstić information content (AvgIpc) is 3.09.